The average molecular weight is 374 g/mol. The highest BCUT2D eigenvalue weighted by atomic mass is 32.2. The summed E-state index contributed by atoms with van der Waals surface area (Å²) < 4.78 is 4.13. The fourth-order valence-corrected chi connectivity index (χ4v) is 3.60. The first-order valence-corrected chi connectivity index (χ1v) is 8.93. The van der Waals surface area contributed by atoms with Gasteiger partial charge in [-0.1, -0.05) is 42.1 Å². The molecule has 8 nitrogen and oxygen atoms in total. The van der Waals surface area contributed by atoms with Crippen molar-refractivity contribution in [2.75, 3.05) is 5.75 Å². The summed E-state index contributed by atoms with van der Waals surface area (Å²) in [5.74, 6) is -0.576. The SMILES string of the molecule is Cn1c(=O)c2c(nc(SCCC(=O)O)n2Cc2ccccc2)n(C)c1=O. The number of carbonyl (C=O) groups is 1. The van der Waals surface area contributed by atoms with Gasteiger partial charge in [-0.2, -0.15) is 0 Å². The van der Waals surface area contributed by atoms with Crippen molar-refractivity contribution >= 4 is 28.9 Å². The Kier molecular flexibility index (Phi) is 4.99. The zero-order valence-electron chi connectivity index (χ0n) is 14.4. The van der Waals surface area contributed by atoms with Gasteiger partial charge < -0.3 is 9.67 Å². The molecule has 3 rings (SSSR count). The fraction of sp³-hybridized carbons (Fsp3) is 0.294. The summed E-state index contributed by atoms with van der Waals surface area (Å²) in [4.78, 5) is 40.1. The van der Waals surface area contributed by atoms with Crippen LogP contribution in [0.1, 0.15) is 12.0 Å². The summed E-state index contributed by atoms with van der Waals surface area (Å²) in [6.07, 6.45) is -0.0177. The Morgan fingerprint density at radius 3 is 2.50 bits per heavy atom. The molecule has 0 fully saturated rings. The predicted octanol–water partition coefficient (Wildman–Crippen LogP) is 1.05. The molecule has 0 atom stereocenters. The van der Waals surface area contributed by atoms with Gasteiger partial charge in [-0.05, 0) is 5.56 Å². The van der Waals surface area contributed by atoms with E-state index in [9.17, 15) is 14.4 Å². The van der Waals surface area contributed by atoms with Gasteiger partial charge in [-0.15, -0.1) is 0 Å². The molecule has 0 aliphatic carbocycles. The van der Waals surface area contributed by atoms with Crippen LogP contribution in [0.25, 0.3) is 11.2 Å². The number of aromatic nitrogens is 4. The molecule has 0 saturated heterocycles. The first-order chi connectivity index (χ1) is 12.4. The van der Waals surface area contributed by atoms with E-state index in [1.165, 1.54) is 23.4 Å². The molecule has 2 heterocycles. The van der Waals surface area contributed by atoms with Gasteiger partial charge in [0.2, 0.25) is 0 Å². The Hall–Kier alpha value is -2.81. The lowest BCUT2D eigenvalue weighted by molar-refractivity contribution is -0.136. The zero-order chi connectivity index (χ0) is 18.8. The van der Waals surface area contributed by atoms with Crippen molar-refractivity contribution < 1.29 is 9.90 Å². The number of hydrogen-bond acceptors (Lipinski definition) is 5. The standard InChI is InChI=1S/C17H18N4O4S/c1-19-14-13(15(24)20(2)17(19)25)21(10-11-6-4-3-5-7-11)16(18-14)26-9-8-12(22)23/h3-7H,8-10H2,1-2H3,(H,22,23). The van der Waals surface area contributed by atoms with Gasteiger partial charge in [0.1, 0.15) is 0 Å². The van der Waals surface area contributed by atoms with E-state index in [0.29, 0.717) is 28.6 Å². The van der Waals surface area contributed by atoms with Crippen LogP contribution < -0.4 is 11.2 Å². The molecule has 136 valence electrons. The second kappa shape index (κ2) is 7.20. The lowest BCUT2D eigenvalue weighted by atomic mass is 10.2. The van der Waals surface area contributed by atoms with E-state index in [-0.39, 0.29) is 6.42 Å². The fourth-order valence-electron chi connectivity index (χ4n) is 2.68. The highest BCUT2D eigenvalue weighted by Gasteiger charge is 2.19. The zero-order valence-corrected chi connectivity index (χ0v) is 15.2. The van der Waals surface area contributed by atoms with Gasteiger partial charge in [0.05, 0.1) is 13.0 Å². The number of carboxylic acids is 1. The first-order valence-electron chi connectivity index (χ1n) is 7.95. The number of aryl methyl sites for hydroxylation is 1. The first kappa shape index (κ1) is 18.0. The van der Waals surface area contributed by atoms with E-state index < -0.39 is 17.2 Å². The molecule has 0 spiro atoms. The van der Waals surface area contributed by atoms with Crippen molar-refractivity contribution in [2.24, 2.45) is 14.1 Å². The van der Waals surface area contributed by atoms with Crippen LogP contribution in [0, 0.1) is 0 Å². The minimum absolute atomic E-state index is 0.0177. The summed E-state index contributed by atoms with van der Waals surface area (Å²) in [6.45, 7) is 0.403. The molecule has 0 aliphatic heterocycles. The molecular weight excluding hydrogens is 356 g/mol. The minimum Gasteiger partial charge on any atom is -0.481 e. The number of carboxylic acid groups (broad SMARTS) is 1. The molecule has 0 amide bonds. The molecule has 1 N–H and O–H groups in total. The van der Waals surface area contributed by atoms with Crippen molar-refractivity contribution in [1.82, 2.24) is 18.7 Å². The predicted molar refractivity (Wildman–Crippen MR) is 98.7 cm³/mol. The van der Waals surface area contributed by atoms with Crippen LogP contribution in [0.2, 0.25) is 0 Å². The van der Waals surface area contributed by atoms with Gasteiger partial charge in [0.25, 0.3) is 5.56 Å². The molecule has 0 unspecified atom stereocenters. The summed E-state index contributed by atoms with van der Waals surface area (Å²) in [7, 11) is 3.00. The van der Waals surface area contributed by atoms with E-state index in [2.05, 4.69) is 4.98 Å². The number of benzene rings is 1. The number of thioether (sulfide) groups is 1. The van der Waals surface area contributed by atoms with Gasteiger partial charge in [-0.3, -0.25) is 18.7 Å². The number of aliphatic carboxylic acids is 1. The molecule has 26 heavy (non-hydrogen) atoms. The van der Waals surface area contributed by atoms with E-state index >= 15 is 0 Å². The Morgan fingerprint density at radius 1 is 1.15 bits per heavy atom. The maximum Gasteiger partial charge on any atom is 0.332 e. The third-order valence-electron chi connectivity index (χ3n) is 4.04. The normalized spacial score (nSPS) is 11.2. The molecule has 2 aromatic heterocycles. The van der Waals surface area contributed by atoms with Gasteiger partial charge in [0.15, 0.2) is 16.3 Å². The van der Waals surface area contributed by atoms with Crippen LogP contribution in [0.5, 0.6) is 0 Å². The number of rotatable bonds is 6. The van der Waals surface area contributed by atoms with E-state index in [1.54, 1.807) is 11.6 Å². The molecule has 1 aromatic carbocycles. The third-order valence-corrected chi connectivity index (χ3v) is 5.02. The van der Waals surface area contributed by atoms with Crippen molar-refractivity contribution in [3.8, 4) is 0 Å². The van der Waals surface area contributed by atoms with Crippen LogP contribution in [0.15, 0.2) is 45.1 Å². The molecule has 0 bridgehead atoms. The highest BCUT2D eigenvalue weighted by molar-refractivity contribution is 7.99. The van der Waals surface area contributed by atoms with Gasteiger partial charge in [0, 0.05) is 19.8 Å². The topological polar surface area (TPSA) is 99.1 Å². The molecule has 9 heteroatoms. The van der Waals surface area contributed by atoms with Crippen LogP contribution in [-0.2, 0) is 25.4 Å². The van der Waals surface area contributed by atoms with E-state index in [1.807, 2.05) is 30.3 Å². The Balaban J connectivity index is 2.18. The smallest absolute Gasteiger partial charge is 0.332 e. The van der Waals surface area contributed by atoms with Crippen LogP contribution in [-0.4, -0.2) is 35.5 Å². The molecule has 0 radical (unpaired) electrons. The summed E-state index contributed by atoms with van der Waals surface area (Å²) >= 11 is 1.26. The van der Waals surface area contributed by atoms with E-state index in [4.69, 9.17) is 5.11 Å². The summed E-state index contributed by atoms with van der Waals surface area (Å²) in [5.41, 5.74) is 0.733. The summed E-state index contributed by atoms with van der Waals surface area (Å²) in [5, 5.41) is 9.37. The van der Waals surface area contributed by atoms with Gasteiger partial charge >= 0.3 is 11.7 Å². The van der Waals surface area contributed by atoms with Crippen LogP contribution in [0.3, 0.4) is 0 Å². The second-order valence-corrected chi connectivity index (χ2v) is 6.90. The van der Waals surface area contributed by atoms with Crippen molar-refractivity contribution in [3.63, 3.8) is 0 Å². The molecule has 0 saturated carbocycles. The third kappa shape index (κ3) is 3.30. The number of hydrogen-bond donors (Lipinski definition) is 1. The molecule has 0 aliphatic rings. The summed E-state index contributed by atoms with van der Waals surface area (Å²) in [6, 6.07) is 9.58. The van der Waals surface area contributed by atoms with Crippen molar-refractivity contribution in [2.45, 2.75) is 18.1 Å². The monoisotopic (exact) mass is 374 g/mol. The van der Waals surface area contributed by atoms with Gasteiger partial charge in [-0.25, -0.2) is 9.78 Å². The Labute approximate surface area is 152 Å². The largest absolute Gasteiger partial charge is 0.481 e. The average Bonchev–Trinajstić information content (AvgIpc) is 2.97. The minimum atomic E-state index is -0.897. The van der Waals surface area contributed by atoms with E-state index in [0.717, 1.165) is 10.1 Å². The van der Waals surface area contributed by atoms with Crippen molar-refractivity contribution in [1.29, 1.82) is 0 Å². The lowest BCUT2D eigenvalue weighted by Gasteiger charge is -2.09. The van der Waals surface area contributed by atoms with Crippen LogP contribution in [0.4, 0.5) is 0 Å². The van der Waals surface area contributed by atoms with Crippen molar-refractivity contribution in [3.05, 3.63) is 56.7 Å². The number of fused-ring (bicyclic) bond motifs is 1. The molecule has 3 aromatic rings. The quantitative estimate of drug-likeness (QED) is 0.648. The maximum absolute atomic E-state index is 12.7. The number of nitrogens with zero attached hydrogens (tertiary/aromatic N) is 4. The highest BCUT2D eigenvalue weighted by Crippen LogP contribution is 2.23. The maximum atomic E-state index is 12.7. The second-order valence-electron chi connectivity index (χ2n) is 5.84. The number of imidazole rings is 1. The van der Waals surface area contributed by atoms with Crippen LogP contribution >= 0.6 is 11.8 Å². The molecular formula is C17H18N4O4S. The lowest BCUT2D eigenvalue weighted by Crippen LogP contribution is -2.37. The Morgan fingerprint density at radius 2 is 1.85 bits per heavy atom. The Bertz CT molecular complexity index is 1080.